The van der Waals surface area contributed by atoms with E-state index in [0.717, 1.165) is 17.0 Å². The largest absolute Gasteiger partial charge is 0.484 e. The van der Waals surface area contributed by atoms with Crippen LogP contribution in [0.4, 0.5) is 15.2 Å². The number of anilines is 1. The van der Waals surface area contributed by atoms with Gasteiger partial charge in [0.15, 0.2) is 11.7 Å². The maximum absolute atomic E-state index is 13.5. The highest BCUT2D eigenvalue weighted by atomic mass is 35.5. The van der Waals surface area contributed by atoms with E-state index < -0.39 is 28.9 Å². The van der Waals surface area contributed by atoms with Crippen molar-refractivity contribution in [2.45, 2.75) is 0 Å². The van der Waals surface area contributed by atoms with E-state index in [-0.39, 0.29) is 5.75 Å². The van der Waals surface area contributed by atoms with E-state index in [2.05, 4.69) is 10.3 Å². The number of nitrogens with one attached hydrogen (secondary N) is 1. The molecule has 2 heterocycles. The van der Waals surface area contributed by atoms with E-state index in [9.17, 15) is 19.3 Å². The Morgan fingerprint density at radius 1 is 1.38 bits per heavy atom. The molecule has 0 atom stereocenters. The van der Waals surface area contributed by atoms with Gasteiger partial charge in [-0.05, 0) is 18.2 Å². The number of nitro benzene ring substituents is 1. The van der Waals surface area contributed by atoms with Gasteiger partial charge in [0.25, 0.3) is 5.91 Å². The minimum atomic E-state index is -1.04. The average molecular weight is 414 g/mol. The third-order valence-electron chi connectivity index (χ3n) is 3.06. The summed E-state index contributed by atoms with van der Waals surface area (Å²) in [6.07, 6.45) is 0. The molecule has 7 nitrogen and oxygen atoms in total. The van der Waals surface area contributed by atoms with Crippen LogP contribution in [0.25, 0.3) is 10.6 Å². The highest BCUT2D eigenvalue weighted by Gasteiger charge is 2.15. The summed E-state index contributed by atoms with van der Waals surface area (Å²) in [6, 6.07) is 6.64. The topological polar surface area (TPSA) is 94.4 Å². The third-order valence-corrected chi connectivity index (χ3v) is 5.07. The number of carbonyl (C=O) groups excluding carboxylic acids is 1. The van der Waals surface area contributed by atoms with Gasteiger partial charge in [0, 0.05) is 17.5 Å². The van der Waals surface area contributed by atoms with Crippen LogP contribution in [0.5, 0.6) is 5.75 Å². The lowest BCUT2D eigenvalue weighted by molar-refractivity contribution is -0.387. The lowest BCUT2D eigenvalue weighted by Gasteiger charge is -2.06. The first-order valence-electron chi connectivity index (χ1n) is 7.00. The Labute approximate surface area is 159 Å². The minimum absolute atomic E-state index is 0.0105. The molecule has 1 aromatic carbocycles. The van der Waals surface area contributed by atoms with Crippen LogP contribution < -0.4 is 10.1 Å². The van der Waals surface area contributed by atoms with E-state index >= 15 is 0 Å². The first kappa shape index (κ1) is 18.2. The summed E-state index contributed by atoms with van der Waals surface area (Å²) in [5, 5.41) is 15.3. The summed E-state index contributed by atoms with van der Waals surface area (Å²) < 4.78 is 19.3. The number of nitrogens with zero attached hydrogens (tertiary/aromatic N) is 2. The number of amides is 1. The van der Waals surface area contributed by atoms with Crippen molar-refractivity contribution in [2.75, 3.05) is 11.9 Å². The number of halogens is 2. The second kappa shape index (κ2) is 7.77. The average Bonchev–Trinajstić information content (AvgIpc) is 3.21. The van der Waals surface area contributed by atoms with Crippen LogP contribution in [0.15, 0.2) is 35.7 Å². The van der Waals surface area contributed by atoms with Crippen LogP contribution >= 0.6 is 34.3 Å². The van der Waals surface area contributed by atoms with Crippen molar-refractivity contribution < 1.29 is 18.8 Å². The molecule has 2 aromatic heterocycles. The Bertz CT molecular complexity index is 975. The molecule has 0 saturated carbocycles. The van der Waals surface area contributed by atoms with Gasteiger partial charge < -0.3 is 4.74 Å². The van der Waals surface area contributed by atoms with E-state index in [0.29, 0.717) is 15.2 Å². The summed E-state index contributed by atoms with van der Waals surface area (Å²) in [5.74, 6) is -1.52. The Morgan fingerprint density at radius 3 is 2.85 bits per heavy atom. The van der Waals surface area contributed by atoms with Gasteiger partial charge in [-0.1, -0.05) is 11.6 Å². The molecule has 11 heteroatoms. The molecular formula is C15H9ClFN3O4S2. The van der Waals surface area contributed by atoms with Crippen molar-refractivity contribution in [2.24, 2.45) is 0 Å². The zero-order valence-electron chi connectivity index (χ0n) is 12.8. The number of benzene rings is 1. The molecule has 0 unspecified atom stereocenters. The Hall–Kier alpha value is -2.56. The quantitative estimate of drug-likeness (QED) is 0.471. The highest BCUT2D eigenvalue weighted by Crippen LogP contribution is 2.32. The maximum Gasteiger partial charge on any atom is 0.305 e. The van der Waals surface area contributed by atoms with Crippen LogP contribution in [0, 0.1) is 15.9 Å². The van der Waals surface area contributed by atoms with Crippen molar-refractivity contribution in [1.29, 1.82) is 0 Å². The fourth-order valence-corrected chi connectivity index (χ4v) is 3.73. The molecule has 0 aliphatic heterocycles. The van der Waals surface area contributed by atoms with Crippen molar-refractivity contribution in [3.63, 3.8) is 0 Å². The summed E-state index contributed by atoms with van der Waals surface area (Å²) in [6.45, 7) is -0.392. The van der Waals surface area contributed by atoms with Gasteiger partial charge in [0.1, 0.15) is 5.75 Å². The Balaban J connectivity index is 1.57. The van der Waals surface area contributed by atoms with Gasteiger partial charge in [0.05, 0.1) is 19.8 Å². The number of hydrogen-bond donors (Lipinski definition) is 1. The lowest BCUT2D eigenvalue weighted by atomic mass is 10.3. The third kappa shape index (κ3) is 4.34. The predicted octanol–water partition coefficient (Wildman–Crippen LogP) is 4.59. The van der Waals surface area contributed by atoms with Crippen LogP contribution in [0.3, 0.4) is 0 Å². The summed E-state index contributed by atoms with van der Waals surface area (Å²) >= 11 is 8.50. The number of aromatic nitrogens is 1. The van der Waals surface area contributed by atoms with Gasteiger partial charge in [-0.15, -0.1) is 22.7 Å². The number of carbonyl (C=O) groups is 1. The molecule has 26 heavy (non-hydrogen) atoms. The molecule has 0 aliphatic carbocycles. The fraction of sp³-hybridized carbons (Fsp3) is 0.0667. The van der Waals surface area contributed by atoms with Crippen molar-refractivity contribution in [3.05, 3.63) is 56.0 Å². The highest BCUT2D eigenvalue weighted by molar-refractivity contribution is 7.20. The summed E-state index contributed by atoms with van der Waals surface area (Å²) in [4.78, 5) is 26.8. The predicted molar refractivity (Wildman–Crippen MR) is 97.6 cm³/mol. The monoisotopic (exact) mass is 413 g/mol. The molecule has 0 fully saturated rings. The van der Waals surface area contributed by atoms with Crippen LogP contribution in [0.2, 0.25) is 4.34 Å². The molecule has 1 amide bonds. The molecule has 0 saturated heterocycles. The number of thiophene rings is 1. The smallest absolute Gasteiger partial charge is 0.305 e. The Kier molecular flexibility index (Phi) is 5.45. The van der Waals surface area contributed by atoms with Crippen LogP contribution in [-0.2, 0) is 4.79 Å². The molecule has 0 radical (unpaired) electrons. The molecule has 134 valence electrons. The second-order valence-electron chi connectivity index (χ2n) is 4.85. The molecule has 0 bridgehead atoms. The van der Waals surface area contributed by atoms with Crippen molar-refractivity contribution in [1.82, 2.24) is 4.98 Å². The standard InChI is InChI=1S/C15H9ClFN3O4S2/c16-13-4-3-12(26-13)10-7-25-15(18-10)19-14(21)6-24-8-1-2-11(20(22)23)9(17)5-8/h1-5,7H,6H2,(H,18,19,21). The SMILES string of the molecule is O=C(COc1ccc([N+](=O)[O-])c(F)c1)Nc1nc(-c2ccc(Cl)s2)cs1. The normalized spacial score (nSPS) is 10.5. The molecular weight excluding hydrogens is 405 g/mol. The van der Waals surface area contributed by atoms with E-state index in [1.807, 2.05) is 6.07 Å². The summed E-state index contributed by atoms with van der Waals surface area (Å²) in [5.41, 5.74) is 0.0337. The molecule has 3 rings (SSSR count). The van der Waals surface area contributed by atoms with Crippen molar-refractivity contribution in [3.8, 4) is 16.3 Å². The van der Waals surface area contributed by atoms with Gasteiger partial charge >= 0.3 is 5.69 Å². The van der Waals surface area contributed by atoms with Crippen LogP contribution in [-0.4, -0.2) is 22.4 Å². The first-order chi connectivity index (χ1) is 12.4. The number of ether oxygens (including phenoxy) is 1. The molecule has 1 N–H and O–H groups in total. The first-order valence-corrected chi connectivity index (χ1v) is 9.07. The van der Waals surface area contributed by atoms with E-state index in [1.54, 1.807) is 11.4 Å². The summed E-state index contributed by atoms with van der Waals surface area (Å²) in [7, 11) is 0. The van der Waals surface area contributed by atoms with Gasteiger partial charge in [0.2, 0.25) is 5.82 Å². The molecule has 3 aromatic rings. The zero-order valence-corrected chi connectivity index (χ0v) is 15.2. The molecule has 0 spiro atoms. The fourth-order valence-electron chi connectivity index (χ4n) is 1.93. The zero-order chi connectivity index (χ0) is 18.7. The van der Waals surface area contributed by atoms with Crippen molar-refractivity contribution >= 4 is 51.0 Å². The van der Waals surface area contributed by atoms with E-state index in [4.69, 9.17) is 16.3 Å². The number of nitro groups is 1. The second-order valence-corrected chi connectivity index (χ2v) is 7.42. The van der Waals surface area contributed by atoms with E-state index in [1.165, 1.54) is 28.7 Å². The van der Waals surface area contributed by atoms with Gasteiger partial charge in [-0.2, -0.15) is 4.39 Å². The lowest BCUT2D eigenvalue weighted by Crippen LogP contribution is -2.20. The molecule has 0 aliphatic rings. The number of thiazole rings is 1. The van der Waals surface area contributed by atoms with Gasteiger partial charge in [-0.25, -0.2) is 4.98 Å². The number of hydrogen-bond acceptors (Lipinski definition) is 7. The maximum atomic E-state index is 13.5. The number of rotatable bonds is 6. The van der Waals surface area contributed by atoms with Gasteiger partial charge in [-0.3, -0.25) is 20.2 Å². The van der Waals surface area contributed by atoms with Crippen LogP contribution in [0.1, 0.15) is 0 Å². The Morgan fingerprint density at radius 2 is 2.19 bits per heavy atom. The minimum Gasteiger partial charge on any atom is -0.484 e.